The highest BCUT2D eigenvalue weighted by molar-refractivity contribution is 9.10. The molecule has 20 heavy (non-hydrogen) atoms. The van der Waals surface area contributed by atoms with Gasteiger partial charge in [-0.25, -0.2) is 4.98 Å². The van der Waals surface area contributed by atoms with Crippen LogP contribution in [0.15, 0.2) is 46.3 Å². The largest absolute Gasteiger partial charge is 0.298 e. The lowest BCUT2D eigenvalue weighted by atomic mass is 10.1. The van der Waals surface area contributed by atoms with E-state index < -0.39 is 0 Å². The summed E-state index contributed by atoms with van der Waals surface area (Å²) in [6.45, 7) is 1.90. The van der Waals surface area contributed by atoms with Crippen molar-refractivity contribution in [2.75, 3.05) is 5.32 Å². The summed E-state index contributed by atoms with van der Waals surface area (Å²) in [6, 6.07) is 11.6. The van der Waals surface area contributed by atoms with Crippen molar-refractivity contribution >= 4 is 49.1 Å². The summed E-state index contributed by atoms with van der Waals surface area (Å²) >= 11 is 4.87. The predicted molar refractivity (Wildman–Crippen MR) is 86.5 cm³/mol. The Morgan fingerprint density at radius 1 is 1.20 bits per heavy atom. The first-order valence-corrected chi connectivity index (χ1v) is 7.72. The maximum atomic E-state index is 12.2. The third-order valence-electron chi connectivity index (χ3n) is 2.90. The summed E-state index contributed by atoms with van der Waals surface area (Å²) in [4.78, 5) is 16.4. The molecule has 0 aliphatic heterocycles. The minimum Gasteiger partial charge on any atom is -0.298 e. The van der Waals surface area contributed by atoms with E-state index >= 15 is 0 Å². The van der Waals surface area contributed by atoms with Crippen molar-refractivity contribution in [1.82, 2.24) is 4.98 Å². The van der Waals surface area contributed by atoms with Crippen molar-refractivity contribution in [2.45, 2.75) is 6.92 Å². The second-order valence-corrected chi connectivity index (χ2v) is 6.23. The van der Waals surface area contributed by atoms with Gasteiger partial charge in [0.2, 0.25) is 0 Å². The van der Waals surface area contributed by atoms with Crippen LogP contribution >= 0.6 is 27.3 Å². The summed E-state index contributed by atoms with van der Waals surface area (Å²) in [5.41, 5.74) is 1.54. The van der Waals surface area contributed by atoms with Crippen molar-refractivity contribution in [1.29, 1.82) is 0 Å². The standard InChI is InChI=1S/C15H11BrN2OS/c1-9-8-20-15(17-9)18-14(19)12-3-2-11-7-13(16)5-4-10(11)6-12/h2-8H,1H3,(H,17,18,19). The maximum absolute atomic E-state index is 12.2. The van der Waals surface area contributed by atoms with E-state index in [9.17, 15) is 4.79 Å². The summed E-state index contributed by atoms with van der Waals surface area (Å²) in [7, 11) is 0. The van der Waals surface area contributed by atoms with Crippen LogP contribution in [0.2, 0.25) is 0 Å². The Morgan fingerprint density at radius 3 is 2.70 bits per heavy atom. The van der Waals surface area contributed by atoms with E-state index in [1.807, 2.05) is 48.7 Å². The van der Waals surface area contributed by atoms with E-state index in [1.165, 1.54) is 11.3 Å². The summed E-state index contributed by atoms with van der Waals surface area (Å²) in [6.07, 6.45) is 0. The number of fused-ring (bicyclic) bond motifs is 1. The second kappa shape index (κ2) is 5.34. The number of carbonyl (C=O) groups is 1. The van der Waals surface area contributed by atoms with Gasteiger partial charge in [-0.2, -0.15) is 0 Å². The maximum Gasteiger partial charge on any atom is 0.257 e. The number of rotatable bonds is 2. The van der Waals surface area contributed by atoms with Crippen molar-refractivity contribution in [3.63, 3.8) is 0 Å². The van der Waals surface area contributed by atoms with Gasteiger partial charge in [0, 0.05) is 15.4 Å². The van der Waals surface area contributed by atoms with E-state index in [4.69, 9.17) is 0 Å². The Bertz CT molecular complexity index is 797. The van der Waals surface area contributed by atoms with E-state index in [-0.39, 0.29) is 5.91 Å². The predicted octanol–water partition coefficient (Wildman–Crippen LogP) is 4.62. The lowest BCUT2D eigenvalue weighted by Crippen LogP contribution is -2.11. The molecule has 0 bridgehead atoms. The Morgan fingerprint density at radius 2 is 1.95 bits per heavy atom. The molecule has 0 saturated heterocycles. The normalized spacial score (nSPS) is 10.7. The number of hydrogen-bond donors (Lipinski definition) is 1. The fourth-order valence-corrected chi connectivity index (χ4v) is 3.00. The third-order valence-corrected chi connectivity index (χ3v) is 4.27. The summed E-state index contributed by atoms with van der Waals surface area (Å²) < 4.78 is 1.03. The van der Waals surface area contributed by atoms with Gasteiger partial charge >= 0.3 is 0 Å². The van der Waals surface area contributed by atoms with Crippen LogP contribution in [-0.4, -0.2) is 10.9 Å². The molecule has 5 heteroatoms. The lowest BCUT2D eigenvalue weighted by Gasteiger charge is -2.04. The van der Waals surface area contributed by atoms with Crippen molar-refractivity contribution in [3.8, 4) is 0 Å². The van der Waals surface area contributed by atoms with E-state index in [1.54, 1.807) is 0 Å². The molecule has 3 aromatic rings. The molecule has 0 aliphatic rings. The van der Waals surface area contributed by atoms with Gasteiger partial charge in [-0.3, -0.25) is 10.1 Å². The fraction of sp³-hybridized carbons (Fsp3) is 0.0667. The molecule has 0 radical (unpaired) electrons. The second-order valence-electron chi connectivity index (χ2n) is 4.45. The van der Waals surface area contributed by atoms with Gasteiger partial charge in [-0.05, 0) is 42.0 Å². The molecule has 1 amide bonds. The monoisotopic (exact) mass is 346 g/mol. The van der Waals surface area contributed by atoms with Crippen LogP contribution in [0.4, 0.5) is 5.13 Å². The molecule has 0 fully saturated rings. The van der Waals surface area contributed by atoms with Gasteiger partial charge in [-0.15, -0.1) is 11.3 Å². The Labute approximate surface area is 128 Å². The molecule has 1 N–H and O–H groups in total. The minimum absolute atomic E-state index is 0.135. The van der Waals surface area contributed by atoms with E-state index in [0.717, 1.165) is 20.9 Å². The molecule has 1 heterocycles. The van der Waals surface area contributed by atoms with Crippen LogP contribution in [0.3, 0.4) is 0 Å². The van der Waals surface area contributed by atoms with Gasteiger partial charge in [0.1, 0.15) is 0 Å². The number of aryl methyl sites for hydroxylation is 1. The van der Waals surface area contributed by atoms with Crippen LogP contribution in [0.5, 0.6) is 0 Å². The molecule has 3 rings (SSSR count). The molecule has 2 aromatic carbocycles. The van der Waals surface area contributed by atoms with Crippen molar-refractivity contribution < 1.29 is 4.79 Å². The number of benzene rings is 2. The SMILES string of the molecule is Cc1csc(NC(=O)c2ccc3cc(Br)ccc3c2)n1. The topological polar surface area (TPSA) is 42.0 Å². The lowest BCUT2D eigenvalue weighted by molar-refractivity contribution is 0.102. The molecule has 0 unspecified atom stereocenters. The van der Waals surface area contributed by atoms with Gasteiger partial charge in [-0.1, -0.05) is 28.1 Å². The quantitative estimate of drug-likeness (QED) is 0.735. The first-order valence-electron chi connectivity index (χ1n) is 6.04. The number of thiazole rings is 1. The molecule has 100 valence electrons. The zero-order valence-electron chi connectivity index (χ0n) is 10.7. The van der Waals surface area contributed by atoms with Crippen molar-refractivity contribution in [3.05, 3.63) is 57.5 Å². The van der Waals surface area contributed by atoms with Gasteiger partial charge in [0.05, 0.1) is 5.69 Å². The Balaban J connectivity index is 1.89. The van der Waals surface area contributed by atoms with E-state index in [2.05, 4.69) is 26.2 Å². The number of amides is 1. The van der Waals surface area contributed by atoms with Crippen LogP contribution in [0.1, 0.15) is 16.1 Å². The minimum atomic E-state index is -0.135. The molecule has 0 saturated carbocycles. The molecule has 0 atom stereocenters. The molecular weight excluding hydrogens is 336 g/mol. The highest BCUT2D eigenvalue weighted by Crippen LogP contribution is 2.22. The molecule has 0 spiro atoms. The van der Waals surface area contributed by atoms with Crippen LogP contribution in [0.25, 0.3) is 10.8 Å². The number of aromatic nitrogens is 1. The summed E-state index contributed by atoms with van der Waals surface area (Å²) in [5.74, 6) is -0.135. The van der Waals surface area contributed by atoms with Gasteiger partial charge < -0.3 is 0 Å². The van der Waals surface area contributed by atoms with Gasteiger partial charge in [0.15, 0.2) is 5.13 Å². The van der Waals surface area contributed by atoms with E-state index in [0.29, 0.717) is 10.7 Å². The van der Waals surface area contributed by atoms with Gasteiger partial charge in [0.25, 0.3) is 5.91 Å². The first-order chi connectivity index (χ1) is 9.61. The Kier molecular flexibility index (Phi) is 3.54. The highest BCUT2D eigenvalue weighted by atomic mass is 79.9. The molecule has 0 aliphatic carbocycles. The number of hydrogen-bond acceptors (Lipinski definition) is 3. The molecule has 1 aromatic heterocycles. The number of nitrogens with one attached hydrogen (secondary N) is 1. The molecule has 3 nitrogen and oxygen atoms in total. The third kappa shape index (κ3) is 2.73. The van der Waals surface area contributed by atoms with Crippen LogP contribution < -0.4 is 5.32 Å². The zero-order valence-corrected chi connectivity index (χ0v) is 13.1. The fourth-order valence-electron chi connectivity index (χ4n) is 1.94. The van der Waals surface area contributed by atoms with Crippen LogP contribution in [0, 0.1) is 6.92 Å². The van der Waals surface area contributed by atoms with Crippen molar-refractivity contribution in [2.24, 2.45) is 0 Å². The average molecular weight is 347 g/mol. The number of anilines is 1. The number of carbonyl (C=O) groups excluding carboxylic acids is 1. The highest BCUT2D eigenvalue weighted by Gasteiger charge is 2.09. The first kappa shape index (κ1) is 13.3. The van der Waals surface area contributed by atoms with Crippen LogP contribution in [-0.2, 0) is 0 Å². The average Bonchev–Trinajstić information content (AvgIpc) is 2.83. The Hall–Kier alpha value is -1.72. The smallest absolute Gasteiger partial charge is 0.257 e. The number of nitrogens with zero attached hydrogens (tertiary/aromatic N) is 1. The summed E-state index contributed by atoms with van der Waals surface area (Å²) in [5, 5.41) is 7.49. The number of halogens is 1. The zero-order chi connectivity index (χ0) is 14.1. The molecular formula is C15H11BrN2OS.